The molecule has 0 aliphatic heterocycles. The van der Waals surface area contributed by atoms with E-state index < -0.39 is 0 Å². The van der Waals surface area contributed by atoms with Crippen molar-refractivity contribution in [2.24, 2.45) is 0 Å². The van der Waals surface area contributed by atoms with Crippen LogP contribution in [0.1, 0.15) is 11.1 Å². The highest BCUT2D eigenvalue weighted by Crippen LogP contribution is 2.23. The molecule has 0 saturated carbocycles. The lowest BCUT2D eigenvalue weighted by Gasteiger charge is -2.07. The van der Waals surface area contributed by atoms with E-state index in [1.165, 1.54) is 4.68 Å². The molecule has 1 aromatic heterocycles. The van der Waals surface area contributed by atoms with Crippen molar-refractivity contribution in [3.05, 3.63) is 70.0 Å². The third-order valence-corrected chi connectivity index (χ3v) is 3.58. The van der Waals surface area contributed by atoms with Gasteiger partial charge in [0.25, 0.3) is 5.56 Å². The van der Waals surface area contributed by atoms with E-state index in [0.29, 0.717) is 5.69 Å². The van der Waals surface area contributed by atoms with E-state index in [0.717, 1.165) is 22.4 Å². The fourth-order valence-corrected chi connectivity index (χ4v) is 2.50. The summed E-state index contributed by atoms with van der Waals surface area (Å²) in [6.45, 7) is 4.01. The van der Waals surface area contributed by atoms with Crippen LogP contribution in [-0.2, 0) is 0 Å². The van der Waals surface area contributed by atoms with Crippen molar-refractivity contribution >= 4 is 5.69 Å². The van der Waals surface area contributed by atoms with Gasteiger partial charge in [-0.1, -0.05) is 48.0 Å². The Balaban J connectivity index is 2.20. The average Bonchev–Trinajstić information content (AvgIpc) is 2.77. The molecule has 4 heteroatoms. The van der Waals surface area contributed by atoms with Gasteiger partial charge in [-0.25, -0.2) is 4.68 Å². The molecule has 0 aliphatic carbocycles. The first kappa shape index (κ1) is 13.2. The lowest BCUT2D eigenvalue weighted by atomic mass is 10.1. The summed E-state index contributed by atoms with van der Waals surface area (Å²) in [5.41, 5.74) is 10.6. The van der Waals surface area contributed by atoms with Gasteiger partial charge in [-0.2, -0.15) is 0 Å². The van der Waals surface area contributed by atoms with Crippen LogP contribution in [-0.4, -0.2) is 9.78 Å². The molecule has 0 saturated heterocycles. The van der Waals surface area contributed by atoms with Crippen LogP contribution in [0.4, 0.5) is 5.69 Å². The minimum absolute atomic E-state index is 0.221. The van der Waals surface area contributed by atoms with E-state index in [9.17, 15) is 4.79 Å². The van der Waals surface area contributed by atoms with Gasteiger partial charge in [0.1, 0.15) is 5.69 Å². The molecular weight excluding hydrogens is 262 g/mol. The number of nitrogens with two attached hydrogens (primary N) is 1. The molecule has 106 valence electrons. The van der Waals surface area contributed by atoms with Gasteiger partial charge in [-0.3, -0.25) is 9.89 Å². The summed E-state index contributed by atoms with van der Waals surface area (Å²) in [6, 6.07) is 15.6. The van der Waals surface area contributed by atoms with Crippen molar-refractivity contribution in [1.29, 1.82) is 0 Å². The monoisotopic (exact) mass is 279 g/mol. The number of H-pyrrole nitrogens is 1. The minimum atomic E-state index is -0.221. The Kier molecular flexibility index (Phi) is 3.14. The Hall–Kier alpha value is -2.75. The Bertz CT molecular complexity index is 844. The summed E-state index contributed by atoms with van der Waals surface area (Å²) in [7, 11) is 0. The van der Waals surface area contributed by atoms with Crippen molar-refractivity contribution in [2.75, 3.05) is 5.73 Å². The Morgan fingerprint density at radius 3 is 2.43 bits per heavy atom. The topological polar surface area (TPSA) is 63.8 Å². The number of aromatic nitrogens is 2. The second kappa shape index (κ2) is 4.98. The van der Waals surface area contributed by atoms with Crippen LogP contribution in [0.3, 0.4) is 0 Å². The zero-order chi connectivity index (χ0) is 15.0. The van der Waals surface area contributed by atoms with Crippen LogP contribution in [0.5, 0.6) is 0 Å². The predicted molar refractivity (Wildman–Crippen MR) is 85.7 cm³/mol. The predicted octanol–water partition coefficient (Wildman–Crippen LogP) is 3.03. The first-order valence-electron chi connectivity index (χ1n) is 6.81. The number of benzene rings is 2. The third-order valence-electron chi connectivity index (χ3n) is 3.58. The first-order valence-corrected chi connectivity index (χ1v) is 6.81. The van der Waals surface area contributed by atoms with Crippen LogP contribution in [0, 0.1) is 13.8 Å². The zero-order valence-electron chi connectivity index (χ0n) is 12.1. The third kappa shape index (κ3) is 2.25. The zero-order valence-corrected chi connectivity index (χ0v) is 12.1. The molecule has 0 fully saturated rings. The van der Waals surface area contributed by atoms with Crippen LogP contribution < -0.4 is 11.3 Å². The number of anilines is 1. The van der Waals surface area contributed by atoms with Crippen LogP contribution >= 0.6 is 0 Å². The Morgan fingerprint density at radius 2 is 1.76 bits per heavy atom. The maximum atomic E-state index is 12.4. The van der Waals surface area contributed by atoms with Gasteiger partial charge >= 0.3 is 0 Å². The van der Waals surface area contributed by atoms with E-state index in [4.69, 9.17) is 5.73 Å². The van der Waals surface area contributed by atoms with Crippen molar-refractivity contribution in [3.8, 4) is 16.9 Å². The van der Waals surface area contributed by atoms with Gasteiger partial charge in [0.15, 0.2) is 0 Å². The molecule has 4 nitrogen and oxygen atoms in total. The highest BCUT2D eigenvalue weighted by molar-refractivity contribution is 5.72. The maximum Gasteiger partial charge on any atom is 0.295 e. The normalized spacial score (nSPS) is 10.8. The van der Waals surface area contributed by atoms with Gasteiger partial charge < -0.3 is 5.73 Å². The molecule has 3 N–H and O–H groups in total. The molecule has 0 aliphatic rings. The SMILES string of the molecule is Cc1ccc(-n2[nH]c(-c3ccccc3)c(N)c2=O)c(C)c1. The van der Waals surface area contributed by atoms with E-state index in [1.54, 1.807) is 0 Å². The number of nitrogens with one attached hydrogen (secondary N) is 1. The Labute approximate surface area is 122 Å². The van der Waals surface area contributed by atoms with E-state index in [2.05, 4.69) is 5.10 Å². The fourth-order valence-electron chi connectivity index (χ4n) is 2.50. The van der Waals surface area contributed by atoms with Crippen LogP contribution in [0.15, 0.2) is 53.3 Å². The van der Waals surface area contributed by atoms with Crippen LogP contribution in [0.2, 0.25) is 0 Å². The molecule has 0 atom stereocenters. The standard InChI is InChI=1S/C17H17N3O/c1-11-8-9-14(12(2)10-11)20-17(21)15(18)16(19-20)13-6-4-3-5-7-13/h3-10,19H,18H2,1-2H3. The molecule has 3 rings (SSSR count). The van der Waals surface area contributed by atoms with E-state index >= 15 is 0 Å². The average molecular weight is 279 g/mol. The van der Waals surface area contributed by atoms with Gasteiger partial charge in [0.05, 0.1) is 11.4 Å². The number of nitrogen functional groups attached to an aromatic ring is 1. The Morgan fingerprint density at radius 1 is 1.05 bits per heavy atom. The van der Waals surface area contributed by atoms with Gasteiger partial charge in [-0.15, -0.1) is 0 Å². The van der Waals surface area contributed by atoms with E-state index in [1.807, 2.05) is 62.4 Å². The van der Waals surface area contributed by atoms with E-state index in [-0.39, 0.29) is 11.2 Å². The van der Waals surface area contributed by atoms with Crippen LogP contribution in [0.25, 0.3) is 16.9 Å². The lowest BCUT2D eigenvalue weighted by Crippen LogP contribution is -2.17. The second-order valence-corrected chi connectivity index (χ2v) is 5.20. The summed E-state index contributed by atoms with van der Waals surface area (Å²) in [5.74, 6) is 0. The highest BCUT2D eigenvalue weighted by Gasteiger charge is 2.14. The smallest absolute Gasteiger partial charge is 0.295 e. The fraction of sp³-hybridized carbons (Fsp3) is 0.118. The number of rotatable bonds is 2. The maximum absolute atomic E-state index is 12.4. The van der Waals surface area contributed by atoms with Gasteiger partial charge in [-0.05, 0) is 25.5 Å². The largest absolute Gasteiger partial charge is 0.392 e. The van der Waals surface area contributed by atoms with Crippen molar-refractivity contribution in [3.63, 3.8) is 0 Å². The summed E-state index contributed by atoms with van der Waals surface area (Å²) >= 11 is 0. The number of aryl methyl sites for hydroxylation is 2. The molecular formula is C17H17N3O. The summed E-state index contributed by atoms with van der Waals surface area (Å²) in [4.78, 5) is 12.4. The molecule has 2 aromatic carbocycles. The molecule has 3 aromatic rings. The molecule has 0 bridgehead atoms. The number of aromatic amines is 1. The molecule has 0 spiro atoms. The molecule has 0 radical (unpaired) electrons. The molecule has 1 heterocycles. The molecule has 0 unspecified atom stereocenters. The minimum Gasteiger partial charge on any atom is -0.392 e. The van der Waals surface area contributed by atoms with Gasteiger partial charge in [0, 0.05) is 5.56 Å². The summed E-state index contributed by atoms with van der Waals surface area (Å²) in [5, 5.41) is 3.12. The van der Waals surface area contributed by atoms with Crippen molar-refractivity contribution in [2.45, 2.75) is 13.8 Å². The summed E-state index contributed by atoms with van der Waals surface area (Å²) in [6.07, 6.45) is 0. The van der Waals surface area contributed by atoms with Gasteiger partial charge in [0.2, 0.25) is 0 Å². The molecule has 0 amide bonds. The number of nitrogens with zero attached hydrogens (tertiary/aromatic N) is 1. The first-order chi connectivity index (χ1) is 10.1. The molecule has 21 heavy (non-hydrogen) atoms. The van der Waals surface area contributed by atoms with Crippen molar-refractivity contribution in [1.82, 2.24) is 9.78 Å². The lowest BCUT2D eigenvalue weighted by molar-refractivity contribution is 0.845. The summed E-state index contributed by atoms with van der Waals surface area (Å²) < 4.78 is 1.51. The quantitative estimate of drug-likeness (QED) is 0.757. The highest BCUT2D eigenvalue weighted by atomic mass is 16.1. The van der Waals surface area contributed by atoms with Crippen molar-refractivity contribution < 1.29 is 0 Å². The second-order valence-electron chi connectivity index (χ2n) is 5.20. The number of hydrogen-bond acceptors (Lipinski definition) is 2. The number of hydrogen-bond donors (Lipinski definition) is 2.